The van der Waals surface area contributed by atoms with Crippen LogP contribution in [0.2, 0.25) is 10.0 Å². The molecule has 0 fully saturated rings. The standard InChI is InChI=1S/C12H14Cl2N4/c1-7(8-5-16-18(2)6-8)17-12-10(13)3-9(15)4-11(12)14/h3-7,17H,15H2,1-2H3. The predicted molar refractivity (Wildman–Crippen MR) is 76.1 cm³/mol. The zero-order chi connectivity index (χ0) is 13.3. The van der Waals surface area contributed by atoms with E-state index < -0.39 is 0 Å². The molecule has 96 valence electrons. The van der Waals surface area contributed by atoms with Crippen molar-refractivity contribution in [3.63, 3.8) is 0 Å². The second kappa shape index (κ2) is 5.08. The van der Waals surface area contributed by atoms with Crippen LogP contribution in [0.4, 0.5) is 11.4 Å². The minimum absolute atomic E-state index is 0.0531. The first-order valence-electron chi connectivity index (χ1n) is 5.47. The highest BCUT2D eigenvalue weighted by Crippen LogP contribution is 2.35. The van der Waals surface area contributed by atoms with Crippen LogP contribution in [-0.2, 0) is 7.05 Å². The van der Waals surface area contributed by atoms with Crippen LogP contribution in [0.3, 0.4) is 0 Å². The molecule has 0 bridgehead atoms. The molecule has 1 unspecified atom stereocenters. The van der Waals surface area contributed by atoms with Crippen LogP contribution in [0, 0.1) is 0 Å². The van der Waals surface area contributed by atoms with Gasteiger partial charge in [0.25, 0.3) is 0 Å². The maximum atomic E-state index is 6.12. The van der Waals surface area contributed by atoms with Crippen LogP contribution in [0.1, 0.15) is 18.5 Å². The van der Waals surface area contributed by atoms with Crippen molar-refractivity contribution < 1.29 is 0 Å². The van der Waals surface area contributed by atoms with Crippen molar-refractivity contribution in [1.29, 1.82) is 0 Å². The van der Waals surface area contributed by atoms with Gasteiger partial charge in [0.05, 0.1) is 28.0 Å². The van der Waals surface area contributed by atoms with E-state index in [2.05, 4.69) is 10.4 Å². The molecular weight excluding hydrogens is 271 g/mol. The number of hydrogen-bond donors (Lipinski definition) is 2. The molecule has 2 aromatic rings. The zero-order valence-electron chi connectivity index (χ0n) is 10.1. The third-order valence-corrected chi connectivity index (χ3v) is 3.25. The predicted octanol–water partition coefficient (Wildman–Crippen LogP) is 3.48. The summed E-state index contributed by atoms with van der Waals surface area (Å²) in [5, 5.41) is 8.41. The van der Waals surface area contributed by atoms with Gasteiger partial charge in [-0.2, -0.15) is 5.10 Å². The van der Waals surface area contributed by atoms with Gasteiger partial charge >= 0.3 is 0 Å². The Labute approximate surface area is 116 Å². The van der Waals surface area contributed by atoms with Crippen LogP contribution in [0.5, 0.6) is 0 Å². The van der Waals surface area contributed by atoms with Gasteiger partial charge in [0.15, 0.2) is 0 Å². The molecule has 0 aliphatic rings. The molecule has 1 aromatic carbocycles. The average Bonchev–Trinajstić information content (AvgIpc) is 2.70. The van der Waals surface area contributed by atoms with Gasteiger partial charge in [0.2, 0.25) is 0 Å². The maximum absolute atomic E-state index is 6.12. The lowest BCUT2D eigenvalue weighted by Gasteiger charge is -2.16. The Morgan fingerprint density at radius 2 is 1.94 bits per heavy atom. The van der Waals surface area contributed by atoms with E-state index in [4.69, 9.17) is 28.9 Å². The van der Waals surface area contributed by atoms with Crippen molar-refractivity contribution in [2.24, 2.45) is 7.05 Å². The Hall–Kier alpha value is -1.39. The lowest BCUT2D eigenvalue weighted by molar-refractivity contribution is 0.765. The van der Waals surface area contributed by atoms with E-state index in [1.54, 1.807) is 23.0 Å². The van der Waals surface area contributed by atoms with E-state index in [-0.39, 0.29) is 6.04 Å². The number of halogens is 2. The number of nitrogens with zero attached hydrogens (tertiary/aromatic N) is 2. The molecule has 3 N–H and O–H groups in total. The SMILES string of the molecule is CC(Nc1c(Cl)cc(N)cc1Cl)c1cnn(C)c1. The first kappa shape index (κ1) is 13.1. The van der Waals surface area contributed by atoms with Gasteiger partial charge in [-0.25, -0.2) is 0 Å². The lowest BCUT2D eigenvalue weighted by atomic mass is 10.1. The van der Waals surface area contributed by atoms with Gasteiger partial charge in [-0.15, -0.1) is 0 Å². The van der Waals surface area contributed by atoms with Crippen LogP contribution >= 0.6 is 23.2 Å². The number of nitrogens with two attached hydrogens (primary N) is 1. The van der Waals surface area contributed by atoms with E-state index in [9.17, 15) is 0 Å². The highest BCUT2D eigenvalue weighted by atomic mass is 35.5. The van der Waals surface area contributed by atoms with Gasteiger partial charge < -0.3 is 11.1 Å². The minimum atomic E-state index is 0.0531. The van der Waals surface area contributed by atoms with Gasteiger partial charge in [-0.1, -0.05) is 23.2 Å². The summed E-state index contributed by atoms with van der Waals surface area (Å²) in [7, 11) is 1.87. The summed E-state index contributed by atoms with van der Waals surface area (Å²) in [4.78, 5) is 0. The van der Waals surface area contributed by atoms with E-state index >= 15 is 0 Å². The fraction of sp³-hybridized carbons (Fsp3) is 0.250. The quantitative estimate of drug-likeness (QED) is 0.849. The Morgan fingerprint density at radius 3 is 2.44 bits per heavy atom. The topological polar surface area (TPSA) is 55.9 Å². The average molecular weight is 285 g/mol. The number of nitrogens with one attached hydrogen (secondary N) is 1. The largest absolute Gasteiger partial charge is 0.399 e. The molecule has 1 atom stereocenters. The minimum Gasteiger partial charge on any atom is -0.399 e. The number of anilines is 2. The van der Waals surface area contributed by atoms with E-state index in [0.717, 1.165) is 5.56 Å². The Balaban J connectivity index is 2.24. The molecule has 18 heavy (non-hydrogen) atoms. The van der Waals surface area contributed by atoms with E-state index in [1.807, 2.05) is 20.2 Å². The number of benzene rings is 1. The summed E-state index contributed by atoms with van der Waals surface area (Å²) in [5.41, 5.74) is 7.95. The highest BCUT2D eigenvalue weighted by molar-refractivity contribution is 6.39. The van der Waals surface area contributed by atoms with Crippen molar-refractivity contribution in [1.82, 2.24) is 9.78 Å². The Morgan fingerprint density at radius 1 is 1.33 bits per heavy atom. The van der Waals surface area contributed by atoms with E-state index in [0.29, 0.717) is 21.4 Å². The molecule has 0 spiro atoms. The Bertz CT molecular complexity index is 542. The van der Waals surface area contributed by atoms with Crippen LogP contribution in [-0.4, -0.2) is 9.78 Å². The summed E-state index contributed by atoms with van der Waals surface area (Å²) in [6.45, 7) is 2.01. The molecule has 2 rings (SSSR count). The summed E-state index contributed by atoms with van der Waals surface area (Å²) >= 11 is 12.2. The van der Waals surface area contributed by atoms with Gasteiger partial charge in [-0.3, -0.25) is 4.68 Å². The summed E-state index contributed by atoms with van der Waals surface area (Å²) in [6.07, 6.45) is 3.74. The van der Waals surface area contributed by atoms with Crippen molar-refractivity contribution in [2.75, 3.05) is 11.1 Å². The first-order valence-corrected chi connectivity index (χ1v) is 6.22. The second-order valence-corrected chi connectivity index (χ2v) is 4.99. The number of aromatic nitrogens is 2. The molecule has 1 heterocycles. The second-order valence-electron chi connectivity index (χ2n) is 4.17. The molecule has 1 aromatic heterocycles. The normalized spacial score (nSPS) is 12.4. The fourth-order valence-corrected chi connectivity index (χ4v) is 2.31. The first-order chi connectivity index (χ1) is 8.47. The molecule has 0 saturated heterocycles. The van der Waals surface area contributed by atoms with Gasteiger partial charge in [0, 0.05) is 24.5 Å². The van der Waals surface area contributed by atoms with Crippen LogP contribution in [0.25, 0.3) is 0 Å². The molecule has 0 aliphatic carbocycles. The van der Waals surface area contributed by atoms with Crippen molar-refractivity contribution in [3.8, 4) is 0 Å². The summed E-state index contributed by atoms with van der Waals surface area (Å²) in [5.74, 6) is 0. The molecule has 0 saturated carbocycles. The summed E-state index contributed by atoms with van der Waals surface area (Å²) < 4.78 is 1.75. The number of aryl methyl sites for hydroxylation is 1. The van der Waals surface area contributed by atoms with Crippen LogP contribution in [0.15, 0.2) is 24.5 Å². The van der Waals surface area contributed by atoms with Crippen molar-refractivity contribution >= 4 is 34.6 Å². The van der Waals surface area contributed by atoms with Crippen LogP contribution < -0.4 is 11.1 Å². The summed E-state index contributed by atoms with van der Waals surface area (Å²) in [6, 6.07) is 3.40. The third kappa shape index (κ3) is 2.71. The van der Waals surface area contributed by atoms with Crippen molar-refractivity contribution in [3.05, 3.63) is 40.1 Å². The molecule has 6 heteroatoms. The molecule has 0 aliphatic heterocycles. The smallest absolute Gasteiger partial charge is 0.0725 e. The van der Waals surface area contributed by atoms with Gasteiger partial charge in [-0.05, 0) is 19.1 Å². The number of nitrogen functional groups attached to an aromatic ring is 1. The van der Waals surface area contributed by atoms with Crippen molar-refractivity contribution in [2.45, 2.75) is 13.0 Å². The van der Waals surface area contributed by atoms with Gasteiger partial charge in [0.1, 0.15) is 0 Å². The molecule has 4 nitrogen and oxygen atoms in total. The monoisotopic (exact) mass is 284 g/mol. The molecule has 0 amide bonds. The number of rotatable bonds is 3. The highest BCUT2D eigenvalue weighted by Gasteiger charge is 2.12. The zero-order valence-corrected chi connectivity index (χ0v) is 11.6. The Kier molecular flexibility index (Phi) is 3.68. The molecular formula is C12H14Cl2N4. The lowest BCUT2D eigenvalue weighted by Crippen LogP contribution is -2.07. The van der Waals surface area contributed by atoms with E-state index in [1.165, 1.54) is 0 Å². The molecule has 0 radical (unpaired) electrons. The number of hydrogen-bond acceptors (Lipinski definition) is 3. The third-order valence-electron chi connectivity index (χ3n) is 2.65. The fourth-order valence-electron chi connectivity index (χ4n) is 1.69. The maximum Gasteiger partial charge on any atom is 0.0725 e.